The minimum Gasteiger partial charge on any atom is -0.385 e. The molecule has 0 saturated carbocycles. The van der Waals surface area contributed by atoms with Crippen LogP contribution in [0, 0.1) is 18.3 Å². The van der Waals surface area contributed by atoms with E-state index in [-0.39, 0.29) is 11.3 Å². The van der Waals surface area contributed by atoms with Crippen molar-refractivity contribution in [1.29, 1.82) is 0 Å². The number of aromatic amines is 1. The van der Waals surface area contributed by atoms with E-state index in [1.165, 1.54) is 0 Å². The lowest BCUT2D eigenvalue weighted by Gasteiger charge is -2.54. The molecule has 1 unspecified atom stereocenters. The molecule has 3 fully saturated rings. The molecule has 2 aromatic rings. The lowest BCUT2D eigenvalue weighted by atomic mass is 9.66. The van der Waals surface area contributed by atoms with Crippen LogP contribution in [0.15, 0.2) is 41.2 Å². The number of ether oxygens (including phenoxy) is 1. The van der Waals surface area contributed by atoms with Crippen molar-refractivity contribution in [3.05, 3.63) is 69.1 Å². The Morgan fingerprint density at radius 1 is 1.30 bits per heavy atom. The summed E-state index contributed by atoms with van der Waals surface area (Å²) < 4.78 is 5.16. The van der Waals surface area contributed by atoms with E-state index < -0.39 is 11.6 Å². The molecule has 3 aliphatic heterocycles. The molecule has 2 atom stereocenters. The summed E-state index contributed by atoms with van der Waals surface area (Å²) in [5.74, 6) is 2.80. The zero-order chi connectivity index (χ0) is 21.1. The highest BCUT2D eigenvalue weighted by molar-refractivity contribution is 5.39. The van der Waals surface area contributed by atoms with Gasteiger partial charge in [0.15, 0.2) is 5.43 Å². The number of methoxy groups -OCH3 is 1. The maximum absolute atomic E-state index is 13.4. The van der Waals surface area contributed by atoms with Crippen LogP contribution in [-0.2, 0) is 23.2 Å². The van der Waals surface area contributed by atoms with Crippen molar-refractivity contribution in [3.8, 4) is 12.3 Å². The minimum atomic E-state index is -1.33. The molecule has 4 heterocycles. The smallest absolute Gasteiger partial charge is 0.188 e. The molecule has 5 nitrogen and oxygen atoms in total. The Bertz CT molecular complexity index is 970. The van der Waals surface area contributed by atoms with E-state index >= 15 is 0 Å². The number of rotatable bonds is 7. The zero-order valence-corrected chi connectivity index (χ0v) is 17.6. The van der Waals surface area contributed by atoms with Crippen molar-refractivity contribution in [2.75, 3.05) is 26.8 Å². The fourth-order valence-corrected chi connectivity index (χ4v) is 5.26. The van der Waals surface area contributed by atoms with Gasteiger partial charge in [0.2, 0.25) is 0 Å². The lowest BCUT2D eigenvalue weighted by molar-refractivity contribution is -0.144. The van der Waals surface area contributed by atoms with E-state index in [0.29, 0.717) is 18.6 Å². The molecule has 3 aliphatic rings. The number of terminal acetylenes is 1. The van der Waals surface area contributed by atoms with Crippen LogP contribution in [0.2, 0.25) is 0 Å². The van der Waals surface area contributed by atoms with Crippen LogP contribution in [0.3, 0.4) is 0 Å². The van der Waals surface area contributed by atoms with Crippen molar-refractivity contribution in [3.63, 3.8) is 0 Å². The van der Waals surface area contributed by atoms with Crippen LogP contribution in [0.4, 0.5) is 0 Å². The summed E-state index contributed by atoms with van der Waals surface area (Å²) in [5.41, 5.74) is 1.74. The molecule has 30 heavy (non-hydrogen) atoms. The van der Waals surface area contributed by atoms with Gasteiger partial charge in [0.05, 0.1) is 5.56 Å². The molecule has 0 radical (unpaired) electrons. The number of hydrogen-bond acceptors (Lipinski definition) is 4. The molecule has 5 rings (SSSR count). The van der Waals surface area contributed by atoms with Crippen LogP contribution < -0.4 is 5.43 Å². The number of fused-ring (bicyclic) bond motifs is 3. The van der Waals surface area contributed by atoms with Gasteiger partial charge in [-0.2, -0.15) is 0 Å². The van der Waals surface area contributed by atoms with E-state index in [1.807, 2.05) is 30.3 Å². The number of aliphatic hydroxyl groups is 1. The third kappa shape index (κ3) is 3.72. The van der Waals surface area contributed by atoms with E-state index in [4.69, 9.17) is 11.2 Å². The van der Waals surface area contributed by atoms with Gasteiger partial charge in [0.1, 0.15) is 11.6 Å². The zero-order valence-electron chi connectivity index (χ0n) is 17.6. The van der Waals surface area contributed by atoms with Crippen molar-refractivity contribution in [2.45, 2.75) is 43.7 Å². The second-order valence-corrected chi connectivity index (χ2v) is 8.48. The average molecular weight is 407 g/mol. The molecule has 158 valence electrons. The predicted molar refractivity (Wildman–Crippen MR) is 117 cm³/mol. The van der Waals surface area contributed by atoms with Crippen molar-refractivity contribution < 1.29 is 9.84 Å². The number of aryl methyl sites for hydroxylation is 1. The number of benzene rings is 1. The highest BCUT2D eigenvalue weighted by atomic mass is 16.5. The summed E-state index contributed by atoms with van der Waals surface area (Å²) in [7, 11) is 1.68. The topological polar surface area (TPSA) is 65.6 Å². The van der Waals surface area contributed by atoms with Gasteiger partial charge < -0.3 is 14.8 Å². The first-order valence-corrected chi connectivity index (χ1v) is 10.8. The van der Waals surface area contributed by atoms with E-state index in [0.717, 1.165) is 55.7 Å². The second-order valence-electron chi connectivity index (χ2n) is 8.48. The summed E-state index contributed by atoms with van der Waals surface area (Å²) in [6.07, 6.45) is 9.69. The van der Waals surface area contributed by atoms with Crippen molar-refractivity contribution in [1.82, 2.24) is 9.88 Å². The number of hydrogen-bond donors (Lipinski definition) is 2. The fourth-order valence-electron chi connectivity index (χ4n) is 5.26. The molecule has 1 aromatic heterocycles. The Hall–Kier alpha value is -2.39. The Morgan fingerprint density at radius 2 is 2.03 bits per heavy atom. The first-order chi connectivity index (χ1) is 14.6. The Morgan fingerprint density at radius 3 is 2.70 bits per heavy atom. The molecular weight excluding hydrogens is 376 g/mol. The number of nitrogens with one attached hydrogen (secondary N) is 1. The Labute approximate surface area is 178 Å². The lowest BCUT2D eigenvalue weighted by Crippen LogP contribution is -2.64. The molecule has 1 aromatic carbocycles. The molecule has 2 bridgehead atoms. The first kappa shape index (κ1) is 20.9. The van der Waals surface area contributed by atoms with Crippen LogP contribution in [-0.4, -0.2) is 47.8 Å². The first-order valence-electron chi connectivity index (χ1n) is 10.8. The van der Waals surface area contributed by atoms with Gasteiger partial charge in [-0.1, -0.05) is 36.3 Å². The Kier molecular flexibility index (Phi) is 6.10. The van der Waals surface area contributed by atoms with Gasteiger partial charge >= 0.3 is 0 Å². The second kappa shape index (κ2) is 8.77. The number of pyridine rings is 1. The molecular formula is C25H30N2O3. The van der Waals surface area contributed by atoms with Crippen molar-refractivity contribution >= 4 is 0 Å². The van der Waals surface area contributed by atoms with E-state index in [1.54, 1.807) is 13.2 Å². The van der Waals surface area contributed by atoms with E-state index in [9.17, 15) is 9.90 Å². The molecule has 3 saturated heterocycles. The van der Waals surface area contributed by atoms with Crippen LogP contribution in [0.25, 0.3) is 0 Å². The predicted octanol–water partition coefficient (Wildman–Crippen LogP) is 2.46. The summed E-state index contributed by atoms with van der Waals surface area (Å²) in [5, 5.41) is 12.0. The van der Waals surface area contributed by atoms with E-state index in [2.05, 4.69) is 15.8 Å². The van der Waals surface area contributed by atoms with Crippen molar-refractivity contribution in [2.24, 2.45) is 5.92 Å². The summed E-state index contributed by atoms with van der Waals surface area (Å²) in [4.78, 5) is 19.1. The monoisotopic (exact) mass is 406 g/mol. The Balaban J connectivity index is 1.81. The van der Waals surface area contributed by atoms with Gasteiger partial charge in [-0.15, -0.1) is 6.42 Å². The SMILES string of the molecule is C#CC1N2CCC(CC2)[C@]1(O)c1c(Cc2ccccc2)[nH]c(CCCOC)cc1=O. The van der Waals surface area contributed by atoms with Crippen LogP contribution >= 0.6 is 0 Å². The summed E-state index contributed by atoms with van der Waals surface area (Å²) in [6.45, 7) is 2.39. The minimum absolute atomic E-state index is 0.00138. The average Bonchev–Trinajstić information content (AvgIpc) is 2.75. The molecule has 5 heteroatoms. The highest BCUT2D eigenvalue weighted by Gasteiger charge is 2.55. The van der Waals surface area contributed by atoms with Gasteiger partial charge in [-0.3, -0.25) is 9.69 Å². The molecule has 0 spiro atoms. The van der Waals surface area contributed by atoms with Crippen LogP contribution in [0.1, 0.15) is 41.8 Å². The number of nitrogens with zero attached hydrogens (tertiary/aromatic N) is 1. The molecule has 0 amide bonds. The third-order valence-electron chi connectivity index (χ3n) is 6.68. The maximum Gasteiger partial charge on any atom is 0.188 e. The molecule has 2 N–H and O–H groups in total. The maximum atomic E-state index is 13.4. The fraction of sp³-hybridized carbons (Fsp3) is 0.480. The highest BCUT2D eigenvalue weighted by Crippen LogP contribution is 2.46. The van der Waals surface area contributed by atoms with Gasteiger partial charge in [-0.05, 0) is 50.3 Å². The normalized spacial score (nSPS) is 27.7. The van der Waals surface area contributed by atoms with Crippen LogP contribution in [0.5, 0.6) is 0 Å². The quantitative estimate of drug-likeness (QED) is 0.548. The number of H-pyrrole nitrogens is 1. The standard InChI is InChI=1S/C25H30N2O3/c1-3-23-25(29,19-11-13-27(23)14-12-19)24-21(16-18-8-5-4-6-9-18)26-20(17-22(24)28)10-7-15-30-2/h1,4-6,8-9,17,19,23,29H,7,10-16H2,2H3,(H,26,28)/t23?,25-/m1/s1. The number of piperidine rings is 3. The molecule has 0 aliphatic carbocycles. The third-order valence-corrected chi connectivity index (χ3v) is 6.68. The number of aromatic nitrogens is 1. The largest absolute Gasteiger partial charge is 0.385 e. The van der Waals surface area contributed by atoms with Gasteiger partial charge in [-0.25, -0.2) is 0 Å². The van der Waals surface area contributed by atoms with Gasteiger partial charge in [0, 0.05) is 37.6 Å². The summed E-state index contributed by atoms with van der Waals surface area (Å²) >= 11 is 0. The van der Waals surface area contributed by atoms with Gasteiger partial charge in [0.25, 0.3) is 0 Å². The summed E-state index contributed by atoms with van der Waals surface area (Å²) in [6, 6.07) is 11.2.